The second-order valence-corrected chi connectivity index (χ2v) is 9.09. The number of carbonyl (C=O) groups is 1. The Kier molecular flexibility index (Phi) is 7.60. The van der Waals surface area contributed by atoms with E-state index in [9.17, 15) is 4.79 Å². The predicted octanol–water partition coefficient (Wildman–Crippen LogP) is 2.93. The molecule has 0 saturated carbocycles. The number of pyridine rings is 2. The van der Waals surface area contributed by atoms with Crippen molar-refractivity contribution >= 4 is 29.0 Å². The maximum atomic E-state index is 10.6. The van der Waals surface area contributed by atoms with Gasteiger partial charge in [-0.05, 0) is 51.0 Å². The first-order chi connectivity index (χ1) is 16.9. The SMILES string of the molecule is CN(C)Cc1ccc(/C(C=O)=C\N)nc1.CN1CCc2[nH]cnc2C1c1cc2c(Cl)cccn2n1. The first kappa shape index (κ1) is 24.6. The van der Waals surface area contributed by atoms with Gasteiger partial charge in [0.1, 0.15) is 0 Å². The van der Waals surface area contributed by atoms with Crippen LogP contribution < -0.4 is 5.73 Å². The number of H-pyrrole nitrogens is 1. The van der Waals surface area contributed by atoms with Crippen LogP contribution in [0, 0.1) is 0 Å². The van der Waals surface area contributed by atoms with E-state index in [1.54, 1.807) is 18.6 Å². The summed E-state index contributed by atoms with van der Waals surface area (Å²) in [4.78, 5) is 26.8. The second kappa shape index (κ2) is 10.8. The highest BCUT2D eigenvalue weighted by atomic mass is 35.5. The fourth-order valence-corrected chi connectivity index (χ4v) is 4.35. The van der Waals surface area contributed by atoms with Crippen molar-refractivity contribution < 1.29 is 4.79 Å². The lowest BCUT2D eigenvalue weighted by Gasteiger charge is -2.30. The number of fused-ring (bicyclic) bond motifs is 2. The molecule has 4 aromatic heterocycles. The molecule has 5 rings (SSSR count). The maximum Gasteiger partial charge on any atom is 0.153 e. The van der Waals surface area contributed by atoms with E-state index in [1.165, 1.54) is 11.9 Å². The molecule has 0 aromatic carbocycles. The summed E-state index contributed by atoms with van der Waals surface area (Å²) >= 11 is 6.23. The summed E-state index contributed by atoms with van der Waals surface area (Å²) in [5.41, 5.74) is 11.6. The van der Waals surface area contributed by atoms with Gasteiger partial charge >= 0.3 is 0 Å². The van der Waals surface area contributed by atoms with Gasteiger partial charge in [-0.3, -0.25) is 14.7 Å². The molecule has 0 fully saturated rings. The molecule has 35 heavy (non-hydrogen) atoms. The Morgan fingerprint density at radius 3 is 2.80 bits per heavy atom. The fraction of sp³-hybridized carbons (Fsp3) is 0.280. The van der Waals surface area contributed by atoms with Crippen LogP contribution >= 0.6 is 11.6 Å². The number of likely N-dealkylation sites (N-methyl/N-ethyl adjacent to an activating group) is 1. The third-order valence-corrected chi connectivity index (χ3v) is 6.16. The Morgan fingerprint density at radius 1 is 1.31 bits per heavy atom. The average Bonchev–Trinajstić information content (AvgIpc) is 3.49. The minimum Gasteiger partial charge on any atom is -0.404 e. The molecule has 9 nitrogen and oxygen atoms in total. The predicted molar refractivity (Wildman–Crippen MR) is 137 cm³/mol. The molecule has 1 aliphatic rings. The largest absolute Gasteiger partial charge is 0.404 e. The number of carbonyl (C=O) groups excluding carboxylic acids is 1. The number of hydrogen-bond acceptors (Lipinski definition) is 7. The van der Waals surface area contributed by atoms with E-state index in [0.717, 1.165) is 42.0 Å². The number of allylic oxidation sites excluding steroid dienone is 1. The summed E-state index contributed by atoms with van der Waals surface area (Å²) in [5.74, 6) is 0. The summed E-state index contributed by atoms with van der Waals surface area (Å²) in [6.45, 7) is 1.82. The Labute approximate surface area is 209 Å². The van der Waals surface area contributed by atoms with Gasteiger partial charge in [-0.2, -0.15) is 5.10 Å². The number of nitrogens with zero attached hydrogens (tertiary/aromatic N) is 6. The third-order valence-electron chi connectivity index (χ3n) is 5.84. The van der Waals surface area contributed by atoms with Gasteiger partial charge in [0.05, 0.1) is 45.6 Å². The van der Waals surface area contributed by atoms with Gasteiger partial charge in [0, 0.05) is 43.8 Å². The number of imidazole rings is 1. The van der Waals surface area contributed by atoms with Crippen molar-refractivity contribution in [1.29, 1.82) is 0 Å². The molecule has 3 N–H and O–H groups in total. The number of aldehydes is 1. The van der Waals surface area contributed by atoms with Crippen molar-refractivity contribution in [2.75, 3.05) is 27.7 Å². The van der Waals surface area contributed by atoms with E-state index >= 15 is 0 Å². The van der Waals surface area contributed by atoms with Crippen molar-refractivity contribution in [3.8, 4) is 0 Å². The lowest BCUT2D eigenvalue weighted by molar-refractivity contribution is -0.103. The third kappa shape index (κ3) is 5.43. The zero-order valence-corrected chi connectivity index (χ0v) is 20.8. The minimum atomic E-state index is 0.0842. The number of aromatic amines is 1. The lowest BCUT2D eigenvalue weighted by atomic mass is 10.0. The second-order valence-electron chi connectivity index (χ2n) is 8.68. The van der Waals surface area contributed by atoms with Crippen LogP contribution in [0.25, 0.3) is 11.1 Å². The van der Waals surface area contributed by atoms with Crippen LogP contribution in [0.1, 0.15) is 34.4 Å². The number of aromatic nitrogens is 5. The maximum absolute atomic E-state index is 10.6. The molecule has 0 bridgehead atoms. The van der Waals surface area contributed by atoms with Crippen LogP contribution in [0.5, 0.6) is 0 Å². The molecule has 0 spiro atoms. The summed E-state index contributed by atoms with van der Waals surface area (Å²) in [6, 6.07) is 9.65. The van der Waals surface area contributed by atoms with Crippen LogP contribution in [0.4, 0.5) is 0 Å². The smallest absolute Gasteiger partial charge is 0.153 e. The molecule has 0 radical (unpaired) electrons. The number of nitrogens with two attached hydrogens (primary N) is 1. The highest BCUT2D eigenvalue weighted by Gasteiger charge is 2.30. The van der Waals surface area contributed by atoms with E-state index in [1.807, 2.05) is 49.1 Å². The standard InChI is InChI=1S/C14H14ClN5.C11H15N3O/c1-19-6-4-10-13(17-8-16-10)14(19)11-7-12-9(15)3-2-5-20(12)18-11;1-14(2)7-9-3-4-11(13-6-9)10(5-12)8-15/h2-3,5,7-8,14H,4,6H2,1H3,(H,16,17);3-6,8H,7,12H2,1-2H3/b;10-5-. The average molecular weight is 493 g/mol. The van der Waals surface area contributed by atoms with Crippen LogP contribution in [0.15, 0.2) is 55.3 Å². The Bertz CT molecular complexity index is 1330. The Balaban J connectivity index is 0.000000174. The van der Waals surface area contributed by atoms with Crippen LogP contribution in [-0.4, -0.2) is 68.3 Å². The lowest BCUT2D eigenvalue weighted by Crippen LogP contribution is -2.33. The van der Waals surface area contributed by atoms with Crippen molar-refractivity contribution in [3.05, 3.63) is 88.6 Å². The molecular formula is C25H29ClN8O. The molecule has 182 valence electrons. The zero-order chi connectivity index (χ0) is 24.9. The van der Waals surface area contributed by atoms with Crippen molar-refractivity contribution in [1.82, 2.24) is 34.4 Å². The van der Waals surface area contributed by atoms with Crippen molar-refractivity contribution in [2.45, 2.75) is 19.0 Å². The van der Waals surface area contributed by atoms with E-state index < -0.39 is 0 Å². The number of hydrogen-bond donors (Lipinski definition) is 2. The molecular weight excluding hydrogens is 464 g/mol. The summed E-state index contributed by atoms with van der Waals surface area (Å²) in [7, 11) is 6.09. The van der Waals surface area contributed by atoms with E-state index in [0.29, 0.717) is 22.6 Å². The minimum absolute atomic E-state index is 0.0842. The highest BCUT2D eigenvalue weighted by Crippen LogP contribution is 2.32. The van der Waals surface area contributed by atoms with E-state index in [2.05, 4.69) is 36.9 Å². The molecule has 4 aromatic rings. The van der Waals surface area contributed by atoms with Gasteiger partial charge in [0.15, 0.2) is 6.29 Å². The molecule has 1 unspecified atom stereocenters. The number of halogens is 1. The van der Waals surface area contributed by atoms with Gasteiger partial charge in [0.25, 0.3) is 0 Å². The van der Waals surface area contributed by atoms with Gasteiger partial charge in [0.2, 0.25) is 0 Å². The molecule has 0 saturated heterocycles. The Hall–Kier alpha value is -3.53. The van der Waals surface area contributed by atoms with Crippen LogP contribution in [-0.2, 0) is 17.8 Å². The zero-order valence-electron chi connectivity index (χ0n) is 20.0. The number of nitrogens with one attached hydrogen (secondary N) is 1. The van der Waals surface area contributed by atoms with Crippen molar-refractivity contribution in [2.24, 2.45) is 5.73 Å². The summed E-state index contributed by atoms with van der Waals surface area (Å²) in [5, 5.41) is 5.38. The molecule has 0 aliphatic carbocycles. The molecule has 1 atom stereocenters. The molecule has 1 aliphatic heterocycles. The van der Waals surface area contributed by atoms with Crippen LogP contribution in [0.2, 0.25) is 5.02 Å². The summed E-state index contributed by atoms with van der Waals surface area (Å²) < 4.78 is 1.83. The monoisotopic (exact) mass is 492 g/mol. The highest BCUT2D eigenvalue weighted by molar-refractivity contribution is 6.33. The van der Waals surface area contributed by atoms with Gasteiger partial charge < -0.3 is 15.6 Å². The van der Waals surface area contributed by atoms with E-state index in [4.69, 9.17) is 17.3 Å². The fourth-order valence-electron chi connectivity index (χ4n) is 4.13. The number of rotatable bonds is 5. The summed E-state index contributed by atoms with van der Waals surface area (Å²) in [6.07, 6.45) is 8.40. The Morgan fingerprint density at radius 2 is 2.14 bits per heavy atom. The van der Waals surface area contributed by atoms with Crippen molar-refractivity contribution in [3.63, 3.8) is 0 Å². The van der Waals surface area contributed by atoms with E-state index in [-0.39, 0.29) is 6.04 Å². The van der Waals surface area contributed by atoms with Gasteiger partial charge in [-0.1, -0.05) is 17.7 Å². The van der Waals surface area contributed by atoms with Gasteiger partial charge in [-0.15, -0.1) is 0 Å². The normalized spacial score (nSPS) is 16.1. The quantitative estimate of drug-likeness (QED) is 0.325. The topological polar surface area (TPSA) is 108 Å². The molecule has 10 heteroatoms. The molecule has 5 heterocycles. The van der Waals surface area contributed by atoms with Gasteiger partial charge in [-0.25, -0.2) is 9.50 Å². The molecule has 0 amide bonds. The first-order valence-electron chi connectivity index (χ1n) is 11.2. The van der Waals surface area contributed by atoms with Crippen LogP contribution in [0.3, 0.4) is 0 Å². The first-order valence-corrected chi connectivity index (χ1v) is 11.6.